The van der Waals surface area contributed by atoms with Crippen LogP contribution in [0.2, 0.25) is 0 Å². The molecule has 1 saturated heterocycles. The highest BCUT2D eigenvalue weighted by Crippen LogP contribution is 2.21. The van der Waals surface area contributed by atoms with E-state index in [0.29, 0.717) is 17.2 Å². The molecule has 2 heterocycles. The van der Waals surface area contributed by atoms with Crippen molar-refractivity contribution >= 4 is 23.1 Å². The Hall–Kier alpha value is -2.69. The number of anilines is 2. The quantitative estimate of drug-likeness (QED) is 0.860. The van der Waals surface area contributed by atoms with E-state index in [2.05, 4.69) is 17.2 Å². The normalized spacial score (nSPS) is 15.0. The number of carbonyl (C=O) groups excluding carboxylic acids is 2. The van der Waals surface area contributed by atoms with Crippen LogP contribution in [0.4, 0.5) is 11.4 Å². The maximum absolute atomic E-state index is 12.6. The van der Waals surface area contributed by atoms with Crippen molar-refractivity contribution in [1.29, 1.82) is 0 Å². The number of piperidine rings is 1. The molecule has 25 heavy (non-hydrogen) atoms. The molecule has 0 radical (unpaired) electrons. The molecule has 0 unspecified atom stereocenters. The fourth-order valence-electron chi connectivity index (χ4n) is 2.98. The average Bonchev–Trinajstić information content (AvgIpc) is 2.62. The van der Waals surface area contributed by atoms with Crippen molar-refractivity contribution < 1.29 is 9.59 Å². The van der Waals surface area contributed by atoms with Gasteiger partial charge < -0.3 is 10.2 Å². The predicted octanol–water partition coefficient (Wildman–Crippen LogP) is 3.90. The molecule has 1 aromatic carbocycles. The first-order chi connectivity index (χ1) is 12.0. The maximum Gasteiger partial charge on any atom is 0.272 e. The van der Waals surface area contributed by atoms with Crippen molar-refractivity contribution in [3.8, 4) is 0 Å². The zero-order chi connectivity index (χ0) is 17.8. The number of pyridine rings is 1. The molecule has 1 aromatic heterocycles. The van der Waals surface area contributed by atoms with Crippen LogP contribution in [0.3, 0.4) is 0 Å². The van der Waals surface area contributed by atoms with Crippen LogP contribution in [0, 0.1) is 5.92 Å². The Kier molecular flexibility index (Phi) is 5.12. The second-order valence-corrected chi connectivity index (χ2v) is 6.67. The third-order valence-electron chi connectivity index (χ3n) is 4.61. The molecule has 0 aliphatic carbocycles. The van der Waals surface area contributed by atoms with E-state index in [0.717, 1.165) is 37.3 Å². The van der Waals surface area contributed by atoms with Crippen LogP contribution in [-0.2, 0) is 0 Å². The van der Waals surface area contributed by atoms with E-state index < -0.39 is 0 Å². The van der Waals surface area contributed by atoms with Crippen LogP contribution < -0.4 is 5.32 Å². The molecule has 1 aliphatic rings. The minimum atomic E-state index is -0.0203. The van der Waals surface area contributed by atoms with Gasteiger partial charge in [0.05, 0.1) is 0 Å². The highest BCUT2D eigenvalue weighted by atomic mass is 16.2. The molecule has 0 spiro atoms. The second kappa shape index (κ2) is 7.47. The molecule has 3 rings (SSSR count). The van der Waals surface area contributed by atoms with Gasteiger partial charge in [0.2, 0.25) is 0 Å². The number of amides is 1. The van der Waals surface area contributed by atoms with Crippen molar-refractivity contribution in [3.05, 3.63) is 53.9 Å². The molecule has 5 nitrogen and oxygen atoms in total. The third-order valence-corrected chi connectivity index (χ3v) is 4.61. The van der Waals surface area contributed by atoms with Crippen molar-refractivity contribution in [3.63, 3.8) is 0 Å². The molecule has 1 amide bonds. The van der Waals surface area contributed by atoms with Gasteiger partial charge in [-0.3, -0.25) is 14.6 Å². The first kappa shape index (κ1) is 17.1. The molecule has 0 bridgehead atoms. The van der Waals surface area contributed by atoms with Crippen molar-refractivity contribution in [1.82, 2.24) is 9.88 Å². The van der Waals surface area contributed by atoms with Crippen LogP contribution in [-0.4, -0.2) is 34.7 Å². The molecule has 2 aromatic rings. The summed E-state index contributed by atoms with van der Waals surface area (Å²) in [6, 6.07) is 10.9. The molecule has 0 saturated carbocycles. The van der Waals surface area contributed by atoms with Gasteiger partial charge in [0, 0.05) is 36.2 Å². The zero-order valence-corrected chi connectivity index (χ0v) is 14.7. The summed E-state index contributed by atoms with van der Waals surface area (Å²) in [6.07, 6.45) is 3.72. The summed E-state index contributed by atoms with van der Waals surface area (Å²) in [4.78, 5) is 30.3. The van der Waals surface area contributed by atoms with E-state index in [1.165, 1.54) is 0 Å². The van der Waals surface area contributed by atoms with E-state index in [4.69, 9.17) is 0 Å². The lowest BCUT2D eigenvalue weighted by molar-refractivity contribution is 0.0691. The number of nitrogens with one attached hydrogen (secondary N) is 1. The minimum absolute atomic E-state index is 0.0203. The molecule has 5 heteroatoms. The molecule has 130 valence electrons. The number of Topliss-reactive ketones (excluding diaryl/α,β-unsaturated/α-hetero) is 1. The van der Waals surface area contributed by atoms with Crippen molar-refractivity contribution in [2.75, 3.05) is 18.4 Å². The lowest BCUT2D eigenvalue weighted by Gasteiger charge is -2.30. The summed E-state index contributed by atoms with van der Waals surface area (Å²) in [5, 5.41) is 3.24. The van der Waals surface area contributed by atoms with Gasteiger partial charge in [-0.2, -0.15) is 0 Å². The van der Waals surface area contributed by atoms with E-state index in [1.807, 2.05) is 23.1 Å². The highest BCUT2D eigenvalue weighted by Gasteiger charge is 2.22. The van der Waals surface area contributed by atoms with Crippen LogP contribution in [0.25, 0.3) is 0 Å². The first-order valence-electron chi connectivity index (χ1n) is 8.66. The Bertz CT molecular complexity index is 780. The summed E-state index contributed by atoms with van der Waals surface area (Å²) < 4.78 is 0. The van der Waals surface area contributed by atoms with Gasteiger partial charge >= 0.3 is 0 Å². The topological polar surface area (TPSA) is 62.3 Å². The number of likely N-dealkylation sites (tertiary alicyclic amines) is 1. The number of hydrogen-bond donors (Lipinski definition) is 1. The Morgan fingerprint density at radius 3 is 2.56 bits per heavy atom. The van der Waals surface area contributed by atoms with E-state index in [-0.39, 0.29) is 11.7 Å². The maximum atomic E-state index is 12.6. The number of hydrogen-bond acceptors (Lipinski definition) is 4. The van der Waals surface area contributed by atoms with E-state index in [1.54, 1.807) is 31.3 Å². The van der Waals surface area contributed by atoms with Gasteiger partial charge in [0.15, 0.2) is 5.78 Å². The van der Waals surface area contributed by atoms with Crippen LogP contribution >= 0.6 is 0 Å². The van der Waals surface area contributed by atoms with Crippen LogP contribution in [0.5, 0.6) is 0 Å². The number of nitrogens with zero attached hydrogens (tertiary/aromatic N) is 2. The number of aromatic nitrogens is 1. The summed E-state index contributed by atoms with van der Waals surface area (Å²) in [5.41, 5.74) is 2.69. The molecular formula is C20H23N3O2. The van der Waals surface area contributed by atoms with Gasteiger partial charge in [-0.05, 0) is 49.9 Å². The lowest BCUT2D eigenvalue weighted by Crippen LogP contribution is -2.38. The van der Waals surface area contributed by atoms with Gasteiger partial charge in [0.25, 0.3) is 5.91 Å². The first-order valence-corrected chi connectivity index (χ1v) is 8.66. The molecule has 1 aliphatic heterocycles. The van der Waals surface area contributed by atoms with Crippen molar-refractivity contribution in [2.45, 2.75) is 26.7 Å². The third kappa shape index (κ3) is 4.24. The molecular weight excluding hydrogens is 314 g/mol. The molecule has 0 atom stereocenters. The van der Waals surface area contributed by atoms with E-state index in [9.17, 15) is 9.59 Å². The molecule has 1 fully saturated rings. The average molecular weight is 337 g/mol. The number of carbonyl (C=O) groups is 2. The smallest absolute Gasteiger partial charge is 0.272 e. The SMILES string of the molecule is CC(=O)c1cccc(Nc2ccnc(C(=O)N3CCC(C)CC3)c2)c1. The standard InChI is InChI=1S/C20H23N3O2/c1-14-7-10-23(11-8-14)20(25)19-13-18(6-9-21-19)22-17-5-3-4-16(12-17)15(2)24/h3-6,9,12-14H,7-8,10-11H2,1-2H3,(H,21,22). The zero-order valence-electron chi connectivity index (χ0n) is 14.7. The summed E-state index contributed by atoms with van der Waals surface area (Å²) in [6.45, 7) is 5.35. The highest BCUT2D eigenvalue weighted by molar-refractivity contribution is 5.95. The van der Waals surface area contributed by atoms with Crippen molar-refractivity contribution in [2.24, 2.45) is 5.92 Å². The second-order valence-electron chi connectivity index (χ2n) is 6.67. The number of ketones is 1. The van der Waals surface area contributed by atoms with Crippen LogP contribution in [0.1, 0.15) is 47.5 Å². The number of rotatable bonds is 4. The van der Waals surface area contributed by atoms with Gasteiger partial charge in [0.1, 0.15) is 5.69 Å². The van der Waals surface area contributed by atoms with Gasteiger partial charge in [-0.25, -0.2) is 0 Å². The van der Waals surface area contributed by atoms with Gasteiger partial charge in [-0.1, -0.05) is 19.1 Å². The summed E-state index contributed by atoms with van der Waals surface area (Å²) >= 11 is 0. The Labute approximate surface area is 148 Å². The lowest BCUT2D eigenvalue weighted by atomic mass is 9.99. The van der Waals surface area contributed by atoms with E-state index >= 15 is 0 Å². The predicted molar refractivity (Wildman–Crippen MR) is 98.3 cm³/mol. The minimum Gasteiger partial charge on any atom is -0.355 e. The fraction of sp³-hybridized carbons (Fsp3) is 0.350. The monoisotopic (exact) mass is 337 g/mol. The summed E-state index contributed by atoms with van der Waals surface area (Å²) in [5.74, 6) is 0.681. The van der Waals surface area contributed by atoms with Gasteiger partial charge in [-0.15, -0.1) is 0 Å². The number of benzene rings is 1. The Balaban J connectivity index is 1.74. The largest absolute Gasteiger partial charge is 0.355 e. The van der Waals surface area contributed by atoms with Crippen LogP contribution in [0.15, 0.2) is 42.6 Å². The fourth-order valence-corrected chi connectivity index (χ4v) is 2.98. The Morgan fingerprint density at radius 2 is 1.84 bits per heavy atom. The molecule has 1 N–H and O–H groups in total. The summed E-state index contributed by atoms with van der Waals surface area (Å²) in [7, 11) is 0. The Morgan fingerprint density at radius 1 is 1.12 bits per heavy atom.